The van der Waals surface area contributed by atoms with E-state index in [0.29, 0.717) is 6.54 Å². The minimum absolute atomic E-state index is 0.0330. The van der Waals surface area contributed by atoms with Crippen LogP contribution < -0.4 is 5.73 Å². The van der Waals surface area contributed by atoms with Gasteiger partial charge in [0.25, 0.3) is 0 Å². The number of nitrogens with two attached hydrogens (primary N) is 1. The van der Waals surface area contributed by atoms with Gasteiger partial charge in [-0.05, 0) is 13.0 Å². The number of nitrogens with zero attached hydrogens (tertiary/aromatic N) is 2. The maximum atomic E-state index is 5.31. The molecule has 0 bridgehead atoms. The Morgan fingerprint density at radius 2 is 2.12 bits per heavy atom. The minimum atomic E-state index is -0.0330. The van der Waals surface area contributed by atoms with Gasteiger partial charge < -0.3 is 5.73 Å². The van der Waals surface area contributed by atoms with Gasteiger partial charge in [0.05, 0.1) is 0 Å². The molecule has 1 aliphatic heterocycles. The summed E-state index contributed by atoms with van der Waals surface area (Å²) in [5.74, 6) is 0. The second-order valence-corrected chi connectivity index (χ2v) is 2.07. The average molecular weight is 113 g/mol. The van der Waals surface area contributed by atoms with Crippen molar-refractivity contribution in [2.75, 3.05) is 6.54 Å². The summed E-state index contributed by atoms with van der Waals surface area (Å²) in [6.07, 6.45) is 1.92. The van der Waals surface area contributed by atoms with E-state index in [0.717, 1.165) is 12.8 Å². The number of hydrogen-bond acceptors (Lipinski definition) is 3. The first-order valence-corrected chi connectivity index (χ1v) is 2.97. The first-order chi connectivity index (χ1) is 3.83. The van der Waals surface area contributed by atoms with Gasteiger partial charge in [0.1, 0.15) is 0 Å². The first kappa shape index (κ1) is 5.69. The van der Waals surface area contributed by atoms with E-state index in [1.165, 1.54) is 0 Å². The van der Waals surface area contributed by atoms with E-state index < -0.39 is 0 Å². The molecule has 3 heteroatoms. The van der Waals surface area contributed by atoms with Crippen LogP contribution in [0.15, 0.2) is 10.2 Å². The third kappa shape index (κ3) is 0.865. The van der Waals surface area contributed by atoms with E-state index in [2.05, 4.69) is 17.2 Å². The quantitative estimate of drug-likeness (QED) is 0.581. The summed E-state index contributed by atoms with van der Waals surface area (Å²) in [7, 11) is 0. The average Bonchev–Trinajstić information content (AvgIpc) is 2.50. The lowest BCUT2D eigenvalue weighted by molar-refractivity contribution is 0.538. The third-order valence-electron chi connectivity index (χ3n) is 1.49. The van der Waals surface area contributed by atoms with Crippen molar-refractivity contribution in [3.63, 3.8) is 0 Å². The molecule has 0 atom stereocenters. The second-order valence-electron chi connectivity index (χ2n) is 2.07. The van der Waals surface area contributed by atoms with Crippen molar-refractivity contribution in [2.45, 2.75) is 25.4 Å². The van der Waals surface area contributed by atoms with Crippen molar-refractivity contribution in [1.29, 1.82) is 0 Å². The van der Waals surface area contributed by atoms with Crippen LogP contribution in [0.3, 0.4) is 0 Å². The molecule has 0 aromatic rings. The van der Waals surface area contributed by atoms with Gasteiger partial charge in [-0.2, -0.15) is 10.2 Å². The van der Waals surface area contributed by atoms with Crippen LogP contribution in [-0.4, -0.2) is 12.2 Å². The van der Waals surface area contributed by atoms with Gasteiger partial charge in [0.15, 0.2) is 5.66 Å². The Morgan fingerprint density at radius 1 is 1.50 bits per heavy atom. The van der Waals surface area contributed by atoms with E-state index in [-0.39, 0.29) is 5.66 Å². The van der Waals surface area contributed by atoms with Crippen molar-refractivity contribution < 1.29 is 0 Å². The van der Waals surface area contributed by atoms with E-state index in [9.17, 15) is 0 Å². The Labute approximate surface area is 49.0 Å². The topological polar surface area (TPSA) is 50.7 Å². The zero-order chi connectivity index (χ0) is 6.04. The fourth-order valence-electron chi connectivity index (χ4n) is 0.720. The summed E-state index contributed by atoms with van der Waals surface area (Å²) in [4.78, 5) is 0. The first-order valence-electron chi connectivity index (χ1n) is 2.97. The van der Waals surface area contributed by atoms with Gasteiger partial charge in [-0.1, -0.05) is 6.92 Å². The monoisotopic (exact) mass is 113 g/mol. The molecule has 0 aliphatic carbocycles. The molecule has 1 rings (SSSR count). The normalized spacial score (nSPS) is 21.2. The van der Waals surface area contributed by atoms with Gasteiger partial charge in [0, 0.05) is 6.42 Å². The smallest absolute Gasteiger partial charge is 0.191 e. The highest BCUT2D eigenvalue weighted by Gasteiger charge is 2.36. The van der Waals surface area contributed by atoms with Crippen LogP contribution >= 0.6 is 0 Å². The molecule has 3 nitrogen and oxygen atoms in total. The molecule has 1 heterocycles. The molecule has 0 aromatic carbocycles. The zero-order valence-electron chi connectivity index (χ0n) is 5.09. The molecule has 0 unspecified atom stereocenters. The summed E-state index contributed by atoms with van der Waals surface area (Å²) in [5.41, 5.74) is 5.28. The molecule has 46 valence electrons. The van der Waals surface area contributed by atoms with E-state index in [1.54, 1.807) is 0 Å². The maximum absolute atomic E-state index is 5.31. The second kappa shape index (κ2) is 1.82. The van der Waals surface area contributed by atoms with Crippen LogP contribution in [0.1, 0.15) is 19.8 Å². The van der Waals surface area contributed by atoms with Gasteiger partial charge in [-0.15, -0.1) is 0 Å². The van der Waals surface area contributed by atoms with Crippen molar-refractivity contribution in [1.82, 2.24) is 0 Å². The van der Waals surface area contributed by atoms with E-state index >= 15 is 0 Å². The van der Waals surface area contributed by atoms with Gasteiger partial charge in [-0.25, -0.2) is 0 Å². The molecule has 0 aromatic heterocycles. The number of rotatable bonds is 3. The molecule has 8 heavy (non-hydrogen) atoms. The summed E-state index contributed by atoms with van der Waals surface area (Å²) < 4.78 is 0. The molecular weight excluding hydrogens is 102 g/mol. The molecule has 0 saturated heterocycles. The van der Waals surface area contributed by atoms with Crippen LogP contribution in [-0.2, 0) is 0 Å². The fourth-order valence-corrected chi connectivity index (χ4v) is 0.720. The SMILES string of the molecule is CCC1(CCN)N=N1. The molecule has 0 radical (unpaired) electrons. The molecule has 2 N–H and O–H groups in total. The Balaban J connectivity index is 2.21. The molecular formula is C5H11N3. The lowest BCUT2D eigenvalue weighted by atomic mass is 10.1. The van der Waals surface area contributed by atoms with Crippen LogP contribution in [0.25, 0.3) is 0 Å². The molecule has 0 spiro atoms. The predicted molar refractivity (Wildman–Crippen MR) is 31.5 cm³/mol. The summed E-state index contributed by atoms with van der Waals surface area (Å²) in [6, 6.07) is 0. The lowest BCUT2D eigenvalue weighted by Gasteiger charge is -2.01. The summed E-state index contributed by atoms with van der Waals surface area (Å²) in [5, 5.41) is 7.77. The maximum Gasteiger partial charge on any atom is 0.191 e. The highest BCUT2D eigenvalue weighted by molar-refractivity contribution is 4.91. The molecule has 0 amide bonds. The fraction of sp³-hybridized carbons (Fsp3) is 1.00. The summed E-state index contributed by atoms with van der Waals surface area (Å²) in [6.45, 7) is 2.77. The van der Waals surface area contributed by atoms with E-state index in [4.69, 9.17) is 5.73 Å². The summed E-state index contributed by atoms with van der Waals surface area (Å²) >= 11 is 0. The van der Waals surface area contributed by atoms with Crippen molar-refractivity contribution in [3.05, 3.63) is 0 Å². The van der Waals surface area contributed by atoms with Crippen LogP contribution in [0.5, 0.6) is 0 Å². The zero-order valence-corrected chi connectivity index (χ0v) is 5.09. The third-order valence-corrected chi connectivity index (χ3v) is 1.49. The standard InChI is InChI=1S/C5H11N3/c1-2-5(3-4-6)7-8-5/h2-4,6H2,1H3. The van der Waals surface area contributed by atoms with Crippen LogP contribution in [0.4, 0.5) is 0 Å². The predicted octanol–water partition coefficient (Wildman–Crippen LogP) is 0.907. The Hall–Kier alpha value is -0.440. The highest BCUT2D eigenvalue weighted by atomic mass is 15.4. The van der Waals surface area contributed by atoms with Crippen LogP contribution in [0.2, 0.25) is 0 Å². The van der Waals surface area contributed by atoms with Crippen LogP contribution in [0, 0.1) is 0 Å². The molecule has 0 saturated carbocycles. The van der Waals surface area contributed by atoms with Gasteiger partial charge >= 0.3 is 0 Å². The number of hydrogen-bond donors (Lipinski definition) is 1. The van der Waals surface area contributed by atoms with Gasteiger partial charge in [0.2, 0.25) is 0 Å². The largest absolute Gasteiger partial charge is 0.330 e. The van der Waals surface area contributed by atoms with Crippen molar-refractivity contribution >= 4 is 0 Å². The van der Waals surface area contributed by atoms with E-state index in [1.807, 2.05) is 0 Å². The Kier molecular flexibility index (Phi) is 1.29. The van der Waals surface area contributed by atoms with Gasteiger partial charge in [-0.3, -0.25) is 0 Å². The van der Waals surface area contributed by atoms with Crippen molar-refractivity contribution in [2.24, 2.45) is 16.0 Å². The lowest BCUT2D eigenvalue weighted by Crippen LogP contribution is -2.15. The highest BCUT2D eigenvalue weighted by Crippen LogP contribution is 2.34. The molecule has 1 aliphatic rings. The van der Waals surface area contributed by atoms with Crippen molar-refractivity contribution in [3.8, 4) is 0 Å². The Morgan fingerprint density at radius 3 is 2.25 bits per heavy atom. The minimum Gasteiger partial charge on any atom is -0.330 e. The molecule has 0 fully saturated rings. The Bertz CT molecular complexity index is 102.